The molecule has 0 aliphatic heterocycles. The summed E-state index contributed by atoms with van der Waals surface area (Å²) < 4.78 is 42.6. The van der Waals surface area contributed by atoms with Crippen LogP contribution in [0.3, 0.4) is 0 Å². The second-order valence-electron chi connectivity index (χ2n) is 5.97. The zero-order valence-corrected chi connectivity index (χ0v) is 16.7. The van der Waals surface area contributed by atoms with E-state index in [0.29, 0.717) is 15.4 Å². The molecule has 0 saturated carbocycles. The minimum Gasteiger partial charge on any atom is -0.462 e. The number of anilines is 1. The van der Waals surface area contributed by atoms with E-state index in [1.54, 1.807) is 19.9 Å². The zero-order valence-electron chi connectivity index (χ0n) is 15.1. The molecule has 0 aliphatic rings. The number of aryl methyl sites for hydroxylation is 1. The molecular formula is C18H20FNO5S2. The fourth-order valence-electron chi connectivity index (χ4n) is 2.33. The summed E-state index contributed by atoms with van der Waals surface area (Å²) in [4.78, 5) is 24.5. The van der Waals surface area contributed by atoms with Gasteiger partial charge in [-0.15, -0.1) is 11.3 Å². The molecule has 1 unspecified atom stereocenters. The van der Waals surface area contributed by atoms with Crippen molar-refractivity contribution in [2.75, 3.05) is 17.7 Å². The number of hydrogen-bond donors (Lipinski definition) is 1. The Morgan fingerprint density at radius 2 is 1.89 bits per heavy atom. The Hall–Kier alpha value is -2.26. The first kappa shape index (κ1) is 21.0. The fraction of sp³-hybridized carbons (Fsp3) is 0.333. The minimum atomic E-state index is -3.74. The van der Waals surface area contributed by atoms with Crippen LogP contribution in [0.1, 0.15) is 29.1 Å². The molecule has 1 N–H and O–H groups in total. The van der Waals surface area contributed by atoms with Gasteiger partial charge in [-0.05, 0) is 49.7 Å². The highest BCUT2D eigenvalue weighted by Crippen LogP contribution is 2.28. The lowest BCUT2D eigenvalue weighted by Gasteiger charge is -2.12. The first-order chi connectivity index (χ1) is 12.6. The topological polar surface area (TPSA) is 89.5 Å². The molecule has 9 heteroatoms. The van der Waals surface area contributed by atoms with Gasteiger partial charge in [0.05, 0.1) is 22.3 Å². The lowest BCUT2D eigenvalue weighted by atomic mass is 10.2. The van der Waals surface area contributed by atoms with E-state index in [9.17, 15) is 22.4 Å². The second-order valence-corrected chi connectivity index (χ2v) is 9.06. The predicted molar refractivity (Wildman–Crippen MR) is 101 cm³/mol. The number of carbonyl (C=O) groups excluding carboxylic acids is 2. The van der Waals surface area contributed by atoms with Crippen LogP contribution in [0.5, 0.6) is 0 Å². The van der Waals surface area contributed by atoms with Gasteiger partial charge in [-0.3, -0.25) is 4.79 Å². The number of thiophene rings is 1. The van der Waals surface area contributed by atoms with E-state index in [0.717, 1.165) is 23.5 Å². The van der Waals surface area contributed by atoms with Crippen LogP contribution in [0.4, 0.5) is 9.39 Å². The molecule has 0 saturated heterocycles. The number of nitrogens with one attached hydrogen (secondary N) is 1. The molecule has 2 rings (SSSR count). The average Bonchev–Trinajstić information content (AvgIpc) is 2.95. The molecule has 0 bridgehead atoms. The molecule has 0 fully saturated rings. The van der Waals surface area contributed by atoms with Gasteiger partial charge in [0.1, 0.15) is 10.7 Å². The summed E-state index contributed by atoms with van der Waals surface area (Å²) in [6.45, 7) is 5.16. The lowest BCUT2D eigenvalue weighted by Crippen LogP contribution is -2.26. The number of halogens is 1. The van der Waals surface area contributed by atoms with E-state index >= 15 is 0 Å². The first-order valence-corrected chi connectivity index (χ1v) is 10.7. The Bertz CT molecular complexity index is 935. The van der Waals surface area contributed by atoms with Crippen molar-refractivity contribution >= 4 is 38.1 Å². The third-order valence-corrected chi connectivity index (χ3v) is 6.78. The first-order valence-electron chi connectivity index (χ1n) is 8.20. The normalized spacial score (nSPS) is 12.4. The minimum absolute atomic E-state index is 0.0416. The number of carbonyl (C=O) groups is 2. The van der Waals surface area contributed by atoms with Crippen LogP contribution in [0.2, 0.25) is 0 Å². The maximum atomic E-state index is 13.0. The van der Waals surface area contributed by atoms with Gasteiger partial charge in [-0.2, -0.15) is 0 Å². The standard InChI is InChI=1S/C18H20FNO5S2/c1-4-25-18(22)16-11(2)9-15(26-16)20-17(21)12(3)10-27(23,24)14-7-5-13(19)6-8-14/h5-9,12H,4,10H2,1-3H3,(H,20,21). The molecule has 0 spiro atoms. The summed E-state index contributed by atoms with van der Waals surface area (Å²) in [6.07, 6.45) is 0. The van der Waals surface area contributed by atoms with Crippen molar-refractivity contribution in [2.24, 2.45) is 5.92 Å². The van der Waals surface area contributed by atoms with Crippen molar-refractivity contribution in [1.29, 1.82) is 0 Å². The van der Waals surface area contributed by atoms with Gasteiger partial charge in [0.2, 0.25) is 5.91 Å². The van der Waals surface area contributed by atoms with Crippen molar-refractivity contribution in [3.8, 4) is 0 Å². The Labute approximate surface area is 161 Å². The Balaban J connectivity index is 2.06. The van der Waals surface area contributed by atoms with Crippen LogP contribution in [-0.4, -0.2) is 32.7 Å². The molecule has 27 heavy (non-hydrogen) atoms. The summed E-state index contributed by atoms with van der Waals surface area (Å²) in [7, 11) is -3.74. The summed E-state index contributed by atoms with van der Waals surface area (Å²) in [6, 6.07) is 6.09. The van der Waals surface area contributed by atoms with Crippen molar-refractivity contribution in [3.63, 3.8) is 0 Å². The average molecular weight is 413 g/mol. The summed E-state index contributed by atoms with van der Waals surface area (Å²) >= 11 is 1.07. The monoisotopic (exact) mass is 413 g/mol. The summed E-state index contributed by atoms with van der Waals surface area (Å²) in [5, 5.41) is 3.07. The van der Waals surface area contributed by atoms with Crippen LogP contribution >= 0.6 is 11.3 Å². The molecule has 6 nitrogen and oxygen atoms in total. The highest BCUT2D eigenvalue weighted by Gasteiger charge is 2.24. The predicted octanol–water partition coefficient (Wildman–Crippen LogP) is 3.42. The van der Waals surface area contributed by atoms with Crippen molar-refractivity contribution in [2.45, 2.75) is 25.7 Å². The van der Waals surface area contributed by atoms with Crippen LogP contribution < -0.4 is 5.32 Å². The molecule has 1 amide bonds. The highest BCUT2D eigenvalue weighted by molar-refractivity contribution is 7.91. The smallest absolute Gasteiger partial charge is 0.348 e. The summed E-state index contributed by atoms with van der Waals surface area (Å²) in [5.41, 5.74) is 0.667. The lowest BCUT2D eigenvalue weighted by molar-refractivity contribution is -0.118. The maximum absolute atomic E-state index is 13.0. The van der Waals surface area contributed by atoms with Gasteiger partial charge >= 0.3 is 5.97 Å². The van der Waals surface area contributed by atoms with Crippen molar-refractivity contribution < 1.29 is 27.1 Å². The molecule has 0 aliphatic carbocycles. The van der Waals surface area contributed by atoms with Gasteiger partial charge in [-0.1, -0.05) is 6.92 Å². The molecular weight excluding hydrogens is 393 g/mol. The molecule has 0 radical (unpaired) electrons. The van der Waals surface area contributed by atoms with Gasteiger partial charge in [0, 0.05) is 5.92 Å². The van der Waals surface area contributed by atoms with Gasteiger partial charge in [0.15, 0.2) is 9.84 Å². The summed E-state index contributed by atoms with van der Waals surface area (Å²) in [5.74, 6) is -2.75. The van der Waals surface area contributed by atoms with Crippen LogP contribution in [0.15, 0.2) is 35.2 Å². The number of amides is 1. The molecule has 146 valence electrons. The molecule has 2 aromatic rings. The van der Waals surface area contributed by atoms with Crippen molar-refractivity contribution in [3.05, 3.63) is 46.6 Å². The van der Waals surface area contributed by atoms with Crippen LogP contribution in [-0.2, 0) is 19.4 Å². The van der Waals surface area contributed by atoms with E-state index in [4.69, 9.17) is 4.74 Å². The SMILES string of the molecule is CCOC(=O)c1sc(NC(=O)C(C)CS(=O)(=O)c2ccc(F)cc2)cc1C. The van der Waals surface area contributed by atoms with E-state index in [1.165, 1.54) is 19.1 Å². The second kappa shape index (κ2) is 8.62. The fourth-order valence-corrected chi connectivity index (χ4v) is 4.85. The van der Waals surface area contributed by atoms with E-state index in [2.05, 4.69) is 5.32 Å². The molecule has 1 atom stereocenters. The maximum Gasteiger partial charge on any atom is 0.348 e. The third-order valence-electron chi connectivity index (χ3n) is 3.71. The molecule has 1 aromatic carbocycles. The van der Waals surface area contributed by atoms with Gasteiger partial charge in [0.25, 0.3) is 0 Å². The largest absolute Gasteiger partial charge is 0.462 e. The number of sulfone groups is 1. The zero-order chi connectivity index (χ0) is 20.2. The highest BCUT2D eigenvalue weighted by atomic mass is 32.2. The van der Waals surface area contributed by atoms with Gasteiger partial charge in [-0.25, -0.2) is 17.6 Å². The van der Waals surface area contributed by atoms with Crippen LogP contribution in [0, 0.1) is 18.7 Å². The molecule has 1 aromatic heterocycles. The number of benzene rings is 1. The van der Waals surface area contributed by atoms with Crippen molar-refractivity contribution in [1.82, 2.24) is 0 Å². The van der Waals surface area contributed by atoms with E-state index in [1.807, 2.05) is 0 Å². The molecule has 1 heterocycles. The van der Waals surface area contributed by atoms with E-state index < -0.39 is 39.2 Å². The Morgan fingerprint density at radius 3 is 2.48 bits per heavy atom. The number of ether oxygens (including phenoxy) is 1. The number of esters is 1. The van der Waals surface area contributed by atoms with Crippen LogP contribution in [0.25, 0.3) is 0 Å². The number of rotatable bonds is 7. The Kier molecular flexibility index (Phi) is 6.72. The quantitative estimate of drug-likeness (QED) is 0.555. The number of hydrogen-bond acceptors (Lipinski definition) is 6. The van der Waals surface area contributed by atoms with Gasteiger partial charge < -0.3 is 10.1 Å². The Morgan fingerprint density at radius 1 is 1.26 bits per heavy atom. The third kappa shape index (κ3) is 5.36. The van der Waals surface area contributed by atoms with E-state index in [-0.39, 0.29) is 11.5 Å².